The molecule has 25 heavy (non-hydrogen) atoms. The van der Waals surface area contributed by atoms with Gasteiger partial charge in [-0.3, -0.25) is 4.79 Å². The number of hydrogen-bond donors (Lipinski definition) is 2. The smallest absolute Gasteiger partial charge is 0.230 e. The molecular formula is C20H21N3O2. The Hall–Kier alpha value is -3.08. The van der Waals surface area contributed by atoms with E-state index in [2.05, 4.69) is 27.4 Å². The number of imidazole rings is 1. The van der Waals surface area contributed by atoms with Gasteiger partial charge in [0.05, 0.1) is 25.0 Å². The van der Waals surface area contributed by atoms with Crippen LogP contribution in [0.3, 0.4) is 0 Å². The number of carbonyl (C=O) groups excluding carboxylic acids is 1. The third-order valence-corrected chi connectivity index (χ3v) is 3.78. The van der Waals surface area contributed by atoms with Crippen molar-refractivity contribution in [1.29, 1.82) is 0 Å². The van der Waals surface area contributed by atoms with Crippen molar-refractivity contribution in [3.8, 4) is 5.75 Å². The molecule has 0 atom stereocenters. The summed E-state index contributed by atoms with van der Waals surface area (Å²) in [6.45, 7) is 0.600. The van der Waals surface area contributed by atoms with E-state index in [1.807, 2.05) is 42.5 Å². The van der Waals surface area contributed by atoms with Gasteiger partial charge in [0.2, 0.25) is 5.91 Å². The Morgan fingerprint density at radius 3 is 2.68 bits per heavy atom. The molecule has 128 valence electrons. The highest BCUT2D eigenvalue weighted by atomic mass is 16.5. The van der Waals surface area contributed by atoms with Gasteiger partial charge in [-0.25, -0.2) is 4.98 Å². The van der Waals surface area contributed by atoms with Crippen LogP contribution in [-0.2, 0) is 17.6 Å². The Morgan fingerprint density at radius 1 is 1.08 bits per heavy atom. The fourth-order valence-corrected chi connectivity index (χ4v) is 2.55. The van der Waals surface area contributed by atoms with Gasteiger partial charge in [-0.1, -0.05) is 42.5 Å². The lowest BCUT2D eigenvalue weighted by Gasteiger charge is -2.12. The van der Waals surface area contributed by atoms with Gasteiger partial charge < -0.3 is 15.0 Å². The van der Waals surface area contributed by atoms with Gasteiger partial charge in [0.1, 0.15) is 5.75 Å². The Kier molecular flexibility index (Phi) is 5.82. The monoisotopic (exact) mass is 335 g/mol. The number of ether oxygens (including phenoxy) is 1. The highest BCUT2D eigenvalue weighted by molar-refractivity contribution is 5.93. The van der Waals surface area contributed by atoms with Crippen molar-refractivity contribution < 1.29 is 9.53 Å². The average molecular weight is 335 g/mol. The highest BCUT2D eigenvalue weighted by Crippen LogP contribution is 2.24. The van der Waals surface area contributed by atoms with Crippen LogP contribution in [0.4, 0.5) is 5.69 Å². The Balaban J connectivity index is 1.51. The lowest BCUT2D eigenvalue weighted by molar-refractivity contribution is -0.115. The van der Waals surface area contributed by atoms with Crippen molar-refractivity contribution in [2.24, 2.45) is 0 Å². The van der Waals surface area contributed by atoms with Crippen molar-refractivity contribution in [2.75, 3.05) is 11.9 Å². The average Bonchev–Trinajstić information content (AvgIpc) is 3.14. The number of benzene rings is 2. The van der Waals surface area contributed by atoms with Crippen molar-refractivity contribution in [3.63, 3.8) is 0 Å². The molecule has 1 heterocycles. The predicted molar refractivity (Wildman–Crippen MR) is 97.6 cm³/mol. The topological polar surface area (TPSA) is 67.0 Å². The van der Waals surface area contributed by atoms with Gasteiger partial charge in [-0.05, 0) is 30.5 Å². The largest absolute Gasteiger partial charge is 0.491 e. The van der Waals surface area contributed by atoms with Crippen LogP contribution >= 0.6 is 0 Å². The number of aryl methyl sites for hydroxylation is 1. The molecule has 5 nitrogen and oxygen atoms in total. The van der Waals surface area contributed by atoms with Gasteiger partial charge in [0.25, 0.3) is 0 Å². The number of H-pyrrole nitrogens is 1. The van der Waals surface area contributed by atoms with E-state index in [1.54, 1.807) is 12.5 Å². The fourth-order valence-electron chi connectivity index (χ4n) is 2.55. The first kappa shape index (κ1) is 16.8. The summed E-state index contributed by atoms with van der Waals surface area (Å²) in [5.74, 6) is 0.582. The van der Waals surface area contributed by atoms with Crippen LogP contribution in [0.2, 0.25) is 0 Å². The summed E-state index contributed by atoms with van der Waals surface area (Å²) in [7, 11) is 0. The number of nitrogens with one attached hydrogen (secondary N) is 2. The van der Waals surface area contributed by atoms with Gasteiger partial charge in [0, 0.05) is 11.9 Å². The second-order valence-corrected chi connectivity index (χ2v) is 5.74. The molecule has 2 aromatic carbocycles. The minimum Gasteiger partial charge on any atom is -0.491 e. The fraction of sp³-hybridized carbons (Fsp3) is 0.200. The maximum absolute atomic E-state index is 12.1. The molecule has 0 aliphatic rings. The van der Waals surface area contributed by atoms with Crippen molar-refractivity contribution in [2.45, 2.75) is 19.3 Å². The van der Waals surface area contributed by atoms with Crippen LogP contribution in [0.25, 0.3) is 0 Å². The molecular weight excluding hydrogens is 314 g/mol. The molecule has 0 unspecified atom stereocenters. The van der Waals surface area contributed by atoms with E-state index in [9.17, 15) is 4.79 Å². The standard InChI is InChI=1S/C20H21N3O2/c24-20(13-17-14-21-15-22-17)23-18-10-4-5-11-19(18)25-12-6-9-16-7-2-1-3-8-16/h1-5,7-8,10-11,14-15H,6,9,12-13H2,(H,21,22)(H,23,24). The first-order valence-corrected chi connectivity index (χ1v) is 8.34. The van der Waals surface area contributed by atoms with Crippen LogP contribution in [0.1, 0.15) is 17.7 Å². The lowest BCUT2D eigenvalue weighted by Crippen LogP contribution is -2.15. The normalized spacial score (nSPS) is 10.4. The second kappa shape index (κ2) is 8.68. The number of hydrogen-bond acceptors (Lipinski definition) is 3. The zero-order valence-corrected chi connectivity index (χ0v) is 13.9. The minimum atomic E-state index is -0.107. The zero-order chi connectivity index (χ0) is 17.3. The molecule has 0 aliphatic carbocycles. The van der Waals surface area contributed by atoms with Crippen molar-refractivity contribution in [3.05, 3.63) is 78.4 Å². The number of aromatic amines is 1. The zero-order valence-electron chi connectivity index (χ0n) is 13.9. The maximum atomic E-state index is 12.1. The van der Waals surface area contributed by atoms with Gasteiger partial charge >= 0.3 is 0 Å². The summed E-state index contributed by atoms with van der Waals surface area (Å²) in [6.07, 6.45) is 5.34. The molecule has 2 N–H and O–H groups in total. The van der Waals surface area contributed by atoms with Gasteiger partial charge in [-0.2, -0.15) is 0 Å². The molecule has 1 amide bonds. The Morgan fingerprint density at radius 2 is 1.88 bits per heavy atom. The van der Waals surface area contributed by atoms with Crippen LogP contribution in [0.5, 0.6) is 5.75 Å². The summed E-state index contributed by atoms with van der Waals surface area (Å²) >= 11 is 0. The van der Waals surface area contributed by atoms with E-state index < -0.39 is 0 Å². The second-order valence-electron chi connectivity index (χ2n) is 5.74. The summed E-state index contributed by atoms with van der Waals surface area (Å²) in [6, 6.07) is 17.8. The van der Waals surface area contributed by atoms with E-state index >= 15 is 0 Å². The predicted octanol–water partition coefficient (Wildman–Crippen LogP) is 3.60. The maximum Gasteiger partial charge on any atom is 0.230 e. The van der Waals surface area contributed by atoms with Crippen LogP contribution < -0.4 is 10.1 Å². The van der Waals surface area contributed by atoms with E-state index in [0.717, 1.165) is 18.5 Å². The molecule has 0 aliphatic heterocycles. The molecule has 3 aromatic rings. The lowest BCUT2D eigenvalue weighted by atomic mass is 10.1. The molecule has 5 heteroatoms. The summed E-state index contributed by atoms with van der Waals surface area (Å²) in [5.41, 5.74) is 2.76. The van der Waals surface area contributed by atoms with Crippen molar-refractivity contribution in [1.82, 2.24) is 9.97 Å². The number of rotatable bonds is 8. The summed E-state index contributed by atoms with van der Waals surface area (Å²) < 4.78 is 5.86. The van der Waals surface area contributed by atoms with Crippen LogP contribution in [0, 0.1) is 0 Å². The number of aromatic nitrogens is 2. The third kappa shape index (κ3) is 5.21. The van der Waals surface area contributed by atoms with Gasteiger partial charge in [-0.15, -0.1) is 0 Å². The van der Waals surface area contributed by atoms with E-state index in [0.29, 0.717) is 18.0 Å². The van der Waals surface area contributed by atoms with Crippen molar-refractivity contribution >= 4 is 11.6 Å². The Bertz CT molecular complexity index is 786. The van der Waals surface area contributed by atoms with Crippen LogP contribution in [-0.4, -0.2) is 22.5 Å². The number of nitrogens with zero attached hydrogens (tertiary/aromatic N) is 1. The number of amides is 1. The van der Waals surface area contributed by atoms with E-state index in [-0.39, 0.29) is 12.3 Å². The highest BCUT2D eigenvalue weighted by Gasteiger charge is 2.09. The quantitative estimate of drug-likeness (QED) is 0.618. The minimum absolute atomic E-state index is 0.107. The number of anilines is 1. The van der Waals surface area contributed by atoms with E-state index in [1.165, 1.54) is 5.56 Å². The molecule has 0 radical (unpaired) electrons. The molecule has 0 bridgehead atoms. The molecule has 3 rings (SSSR count). The molecule has 0 saturated heterocycles. The van der Waals surface area contributed by atoms with E-state index in [4.69, 9.17) is 4.74 Å². The summed E-state index contributed by atoms with van der Waals surface area (Å²) in [4.78, 5) is 19.0. The number of carbonyl (C=O) groups is 1. The molecule has 0 spiro atoms. The van der Waals surface area contributed by atoms with Gasteiger partial charge in [0.15, 0.2) is 0 Å². The molecule has 1 aromatic heterocycles. The first-order valence-electron chi connectivity index (χ1n) is 8.34. The molecule has 0 saturated carbocycles. The third-order valence-electron chi connectivity index (χ3n) is 3.78. The van der Waals surface area contributed by atoms with Crippen LogP contribution in [0.15, 0.2) is 67.1 Å². The Labute approximate surface area is 147 Å². The SMILES string of the molecule is O=C(Cc1cnc[nH]1)Nc1ccccc1OCCCc1ccccc1. The summed E-state index contributed by atoms with van der Waals surface area (Å²) in [5, 5.41) is 2.90. The number of para-hydroxylation sites is 2. The molecule has 0 fully saturated rings. The first-order chi connectivity index (χ1) is 12.3.